The fourth-order valence-electron chi connectivity index (χ4n) is 2.14. The van der Waals surface area contributed by atoms with Crippen LogP contribution in [-0.2, 0) is 4.79 Å². The SMILES string of the molecule is CC(=O)Oc1ccc(-c2nc3ccc(C)cc3c(=O)o2)cc1. The fourth-order valence-corrected chi connectivity index (χ4v) is 2.14. The first-order valence-corrected chi connectivity index (χ1v) is 6.73. The summed E-state index contributed by atoms with van der Waals surface area (Å²) in [6.45, 7) is 3.24. The van der Waals surface area contributed by atoms with E-state index >= 15 is 0 Å². The summed E-state index contributed by atoms with van der Waals surface area (Å²) in [5.41, 5.74) is 1.77. The Morgan fingerprint density at radius 1 is 1.14 bits per heavy atom. The molecule has 0 unspecified atom stereocenters. The highest BCUT2D eigenvalue weighted by Gasteiger charge is 2.09. The number of esters is 1. The number of nitrogens with zero attached hydrogens (tertiary/aromatic N) is 1. The van der Waals surface area contributed by atoms with E-state index in [0.29, 0.717) is 22.2 Å². The molecule has 0 aliphatic heterocycles. The number of aromatic nitrogens is 1. The molecule has 0 saturated heterocycles. The van der Waals surface area contributed by atoms with Crippen molar-refractivity contribution in [3.05, 3.63) is 58.4 Å². The lowest BCUT2D eigenvalue weighted by molar-refractivity contribution is -0.131. The van der Waals surface area contributed by atoms with Gasteiger partial charge in [-0.05, 0) is 43.3 Å². The van der Waals surface area contributed by atoms with Gasteiger partial charge in [0.1, 0.15) is 5.75 Å². The minimum absolute atomic E-state index is 0.232. The number of rotatable bonds is 2. The zero-order valence-corrected chi connectivity index (χ0v) is 12.1. The molecule has 0 aliphatic carbocycles. The molecule has 0 spiro atoms. The highest BCUT2D eigenvalue weighted by atomic mass is 16.5. The van der Waals surface area contributed by atoms with Crippen molar-refractivity contribution in [2.24, 2.45) is 0 Å². The summed E-state index contributed by atoms with van der Waals surface area (Å²) in [6, 6.07) is 12.0. The lowest BCUT2D eigenvalue weighted by atomic mass is 10.1. The van der Waals surface area contributed by atoms with Crippen LogP contribution in [0.4, 0.5) is 0 Å². The normalized spacial score (nSPS) is 10.6. The minimum atomic E-state index is -0.423. The van der Waals surface area contributed by atoms with E-state index in [2.05, 4.69) is 4.98 Å². The summed E-state index contributed by atoms with van der Waals surface area (Å²) in [5.74, 6) is 0.268. The van der Waals surface area contributed by atoms with Crippen LogP contribution in [-0.4, -0.2) is 11.0 Å². The molecule has 0 atom stereocenters. The van der Waals surface area contributed by atoms with Crippen molar-refractivity contribution in [1.82, 2.24) is 4.98 Å². The Balaban J connectivity index is 2.05. The molecule has 5 nitrogen and oxygen atoms in total. The van der Waals surface area contributed by atoms with Crippen LogP contribution in [0.5, 0.6) is 5.75 Å². The van der Waals surface area contributed by atoms with Crippen LogP contribution in [0.25, 0.3) is 22.4 Å². The summed E-state index contributed by atoms with van der Waals surface area (Å²) in [4.78, 5) is 27.3. The first-order valence-electron chi connectivity index (χ1n) is 6.73. The van der Waals surface area contributed by atoms with Gasteiger partial charge < -0.3 is 9.15 Å². The van der Waals surface area contributed by atoms with Crippen LogP contribution >= 0.6 is 0 Å². The molecule has 0 saturated carbocycles. The van der Waals surface area contributed by atoms with Crippen molar-refractivity contribution in [2.45, 2.75) is 13.8 Å². The molecule has 0 N–H and O–H groups in total. The van der Waals surface area contributed by atoms with E-state index in [1.165, 1.54) is 6.92 Å². The molecule has 3 aromatic rings. The molecular weight excluding hydrogens is 282 g/mol. The van der Waals surface area contributed by atoms with Gasteiger partial charge in [-0.25, -0.2) is 9.78 Å². The quantitative estimate of drug-likeness (QED) is 0.536. The number of carbonyl (C=O) groups excluding carboxylic acids is 1. The van der Waals surface area contributed by atoms with Crippen LogP contribution in [0.2, 0.25) is 0 Å². The Kier molecular flexibility index (Phi) is 3.47. The second-order valence-corrected chi connectivity index (χ2v) is 4.95. The first kappa shape index (κ1) is 14.0. The summed E-state index contributed by atoms with van der Waals surface area (Å²) < 4.78 is 10.2. The minimum Gasteiger partial charge on any atom is -0.427 e. The van der Waals surface area contributed by atoms with Crippen molar-refractivity contribution in [2.75, 3.05) is 0 Å². The summed E-state index contributed by atoms with van der Waals surface area (Å²) in [5, 5.41) is 0.459. The number of fused-ring (bicyclic) bond motifs is 1. The maximum atomic E-state index is 12.1. The molecule has 0 amide bonds. The Morgan fingerprint density at radius 2 is 1.86 bits per heavy atom. The van der Waals surface area contributed by atoms with E-state index in [1.54, 1.807) is 36.4 Å². The van der Waals surface area contributed by atoms with Crippen LogP contribution in [0.15, 0.2) is 51.7 Å². The third-order valence-corrected chi connectivity index (χ3v) is 3.15. The van der Waals surface area contributed by atoms with Crippen LogP contribution in [0, 0.1) is 6.92 Å². The predicted octanol–water partition coefficient (Wildman–Crippen LogP) is 3.09. The standard InChI is InChI=1S/C17H13NO4/c1-10-3-8-15-14(9-10)17(20)22-16(18-15)12-4-6-13(7-5-12)21-11(2)19/h3-9H,1-2H3. The highest BCUT2D eigenvalue weighted by Crippen LogP contribution is 2.22. The Morgan fingerprint density at radius 3 is 2.55 bits per heavy atom. The summed E-state index contributed by atoms with van der Waals surface area (Å²) >= 11 is 0. The predicted molar refractivity (Wildman–Crippen MR) is 81.8 cm³/mol. The van der Waals surface area contributed by atoms with Crippen molar-refractivity contribution in [3.8, 4) is 17.2 Å². The molecule has 1 heterocycles. The van der Waals surface area contributed by atoms with Crippen LogP contribution < -0.4 is 10.4 Å². The van der Waals surface area contributed by atoms with Crippen molar-refractivity contribution < 1.29 is 13.9 Å². The number of benzene rings is 2. The fraction of sp³-hybridized carbons (Fsp3) is 0.118. The van der Waals surface area contributed by atoms with Gasteiger partial charge in [-0.2, -0.15) is 0 Å². The number of hydrogen-bond acceptors (Lipinski definition) is 5. The lowest BCUT2D eigenvalue weighted by Gasteiger charge is -2.04. The molecule has 3 rings (SSSR count). The van der Waals surface area contributed by atoms with Crippen LogP contribution in [0.3, 0.4) is 0 Å². The molecule has 1 aromatic heterocycles. The molecule has 22 heavy (non-hydrogen) atoms. The Hall–Kier alpha value is -2.95. The van der Waals surface area contributed by atoms with Crippen molar-refractivity contribution in [1.29, 1.82) is 0 Å². The highest BCUT2D eigenvalue weighted by molar-refractivity contribution is 5.79. The molecule has 0 fully saturated rings. The van der Waals surface area contributed by atoms with Gasteiger partial charge in [-0.1, -0.05) is 11.6 Å². The molecule has 0 bridgehead atoms. The molecular formula is C17H13NO4. The Bertz CT molecular complexity index is 910. The second-order valence-electron chi connectivity index (χ2n) is 4.95. The Labute approximate surface area is 126 Å². The van der Waals surface area contributed by atoms with Crippen LogP contribution in [0.1, 0.15) is 12.5 Å². The average molecular weight is 295 g/mol. The molecule has 0 aliphatic rings. The second kappa shape index (κ2) is 5.44. The number of aryl methyl sites for hydroxylation is 1. The number of ether oxygens (including phenoxy) is 1. The van der Waals surface area contributed by atoms with Gasteiger partial charge in [-0.15, -0.1) is 0 Å². The van der Waals surface area contributed by atoms with Gasteiger partial charge in [0, 0.05) is 12.5 Å². The number of hydrogen-bond donors (Lipinski definition) is 0. The molecule has 0 radical (unpaired) electrons. The van der Waals surface area contributed by atoms with Gasteiger partial charge in [0.2, 0.25) is 5.89 Å². The van der Waals surface area contributed by atoms with Gasteiger partial charge in [0.25, 0.3) is 0 Å². The molecule has 5 heteroatoms. The van der Waals surface area contributed by atoms with E-state index in [0.717, 1.165) is 5.56 Å². The summed E-state index contributed by atoms with van der Waals surface area (Å²) in [6.07, 6.45) is 0. The first-order chi connectivity index (χ1) is 10.5. The van der Waals surface area contributed by atoms with Gasteiger partial charge in [0.05, 0.1) is 10.9 Å². The molecule has 110 valence electrons. The van der Waals surface area contributed by atoms with E-state index in [4.69, 9.17) is 9.15 Å². The van der Waals surface area contributed by atoms with E-state index < -0.39 is 11.6 Å². The van der Waals surface area contributed by atoms with Gasteiger partial charge in [-0.3, -0.25) is 4.79 Å². The third-order valence-electron chi connectivity index (χ3n) is 3.15. The van der Waals surface area contributed by atoms with Gasteiger partial charge in [0.15, 0.2) is 0 Å². The zero-order chi connectivity index (χ0) is 15.7. The number of carbonyl (C=O) groups is 1. The topological polar surface area (TPSA) is 69.4 Å². The van der Waals surface area contributed by atoms with Crippen molar-refractivity contribution >= 4 is 16.9 Å². The third kappa shape index (κ3) is 2.74. The average Bonchev–Trinajstić information content (AvgIpc) is 2.48. The maximum Gasteiger partial charge on any atom is 0.347 e. The van der Waals surface area contributed by atoms with Crippen molar-refractivity contribution in [3.63, 3.8) is 0 Å². The van der Waals surface area contributed by atoms with E-state index in [9.17, 15) is 9.59 Å². The van der Waals surface area contributed by atoms with E-state index in [1.807, 2.05) is 13.0 Å². The maximum absolute atomic E-state index is 12.1. The monoisotopic (exact) mass is 295 g/mol. The smallest absolute Gasteiger partial charge is 0.347 e. The zero-order valence-electron chi connectivity index (χ0n) is 12.1. The lowest BCUT2D eigenvalue weighted by Crippen LogP contribution is -2.03. The summed E-state index contributed by atoms with van der Waals surface area (Å²) in [7, 11) is 0. The molecule has 2 aromatic carbocycles. The van der Waals surface area contributed by atoms with E-state index in [-0.39, 0.29) is 5.89 Å². The largest absolute Gasteiger partial charge is 0.427 e. The van der Waals surface area contributed by atoms with Gasteiger partial charge >= 0.3 is 11.6 Å².